The molecule has 1 saturated heterocycles. The van der Waals surface area contributed by atoms with Gasteiger partial charge in [0.05, 0.1) is 13.2 Å². The fourth-order valence-corrected chi connectivity index (χ4v) is 2.41. The lowest BCUT2D eigenvalue weighted by atomic mass is 10.3. The summed E-state index contributed by atoms with van der Waals surface area (Å²) in [6, 6.07) is 7.26. The van der Waals surface area contributed by atoms with Gasteiger partial charge < -0.3 is 9.30 Å². The Kier molecular flexibility index (Phi) is 3.57. The lowest BCUT2D eigenvalue weighted by Gasteiger charge is -2.26. The van der Waals surface area contributed by atoms with Gasteiger partial charge in [0, 0.05) is 50.0 Å². The molecule has 2 aromatic rings. The highest BCUT2D eigenvalue weighted by Gasteiger charge is 2.09. The number of ether oxygens (including phenoxy) is 1. The average molecular weight is 244 g/mol. The molecule has 0 aliphatic carbocycles. The Bertz CT molecular complexity index is 502. The highest BCUT2D eigenvalue weighted by molar-refractivity contribution is 5.74. The lowest BCUT2D eigenvalue weighted by Crippen LogP contribution is -2.37. The second-order valence-corrected chi connectivity index (χ2v) is 4.65. The molecule has 1 aliphatic heterocycles. The molecular formula is C14H18N3O. The molecule has 0 amide bonds. The van der Waals surface area contributed by atoms with Crippen molar-refractivity contribution in [3.05, 3.63) is 30.6 Å². The van der Waals surface area contributed by atoms with Crippen LogP contribution in [-0.4, -0.2) is 47.3 Å². The number of pyridine rings is 1. The van der Waals surface area contributed by atoms with Crippen molar-refractivity contribution in [3.63, 3.8) is 0 Å². The molecule has 3 rings (SSSR count). The summed E-state index contributed by atoms with van der Waals surface area (Å²) in [5.74, 6) is 0. The number of nitrogens with zero attached hydrogens (tertiary/aromatic N) is 3. The van der Waals surface area contributed by atoms with Gasteiger partial charge in [0.2, 0.25) is 0 Å². The van der Waals surface area contributed by atoms with Gasteiger partial charge in [-0.1, -0.05) is 0 Å². The molecule has 4 nitrogen and oxygen atoms in total. The molecule has 95 valence electrons. The van der Waals surface area contributed by atoms with E-state index in [-0.39, 0.29) is 0 Å². The molecule has 0 unspecified atom stereocenters. The van der Waals surface area contributed by atoms with E-state index in [0.29, 0.717) is 0 Å². The molecule has 3 heterocycles. The predicted molar refractivity (Wildman–Crippen MR) is 70.4 cm³/mol. The van der Waals surface area contributed by atoms with Crippen LogP contribution in [0.5, 0.6) is 0 Å². The summed E-state index contributed by atoms with van der Waals surface area (Å²) in [6.45, 7) is 6.03. The molecule has 2 aromatic heterocycles. The van der Waals surface area contributed by atoms with Gasteiger partial charge in [0.1, 0.15) is 5.65 Å². The van der Waals surface area contributed by atoms with Crippen LogP contribution in [-0.2, 0) is 11.3 Å². The van der Waals surface area contributed by atoms with Crippen LogP contribution in [0.4, 0.5) is 0 Å². The number of morpholine rings is 1. The van der Waals surface area contributed by atoms with Crippen molar-refractivity contribution in [2.45, 2.75) is 13.0 Å². The zero-order valence-corrected chi connectivity index (χ0v) is 10.5. The van der Waals surface area contributed by atoms with E-state index in [1.807, 2.05) is 18.5 Å². The standard InChI is InChI=1S/C14H18N3O/c1-3-13-4-8-17(14(13)15-5-1)7-2-6-16-9-11-18-12-10-16/h1,3,5,8H,2,6-7,9-12H2. The molecule has 1 aliphatic rings. The molecule has 0 spiro atoms. The van der Waals surface area contributed by atoms with Gasteiger partial charge in [-0.15, -0.1) is 0 Å². The number of fused-ring (bicyclic) bond motifs is 1. The van der Waals surface area contributed by atoms with Crippen molar-refractivity contribution in [2.75, 3.05) is 32.8 Å². The molecule has 4 heteroatoms. The Balaban J connectivity index is 1.56. The zero-order valence-electron chi connectivity index (χ0n) is 10.5. The summed E-state index contributed by atoms with van der Waals surface area (Å²) < 4.78 is 7.54. The van der Waals surface area contributed by atoms with Crippen LogP contribution < -0.4 is 0 Å². The number of aryl methyl sites for hydroxylation is 1. The molecule has 0 N–H and O–H groups in total. The minimum atomic E-state index is 0.877. The first-order valence-corrected chi connectivity index (χ1v) is 6.55. The highest BCUT2D eigenvalue weighted by atomic mass is 16.5. The monoisotopic (exact) mass is 244 g/mol. The third-order valence-corrected chi connectivity index (χ3v) is 3.41. The Morgan fingerprint density at radius 1 is 1.28 bits per heavy atom. The normalized spacial score (nSPS) is 17.3. The Morgan fingerprint density at radius 3 is 3.06 bits per heavy atom. The predicted octanol–water partition coefficient (Wildman–Crippen LogP) is 1.56. The van der Waals surface area contributed by atoms with Crippen LogP contribution in [0.25, 0.3) is 11.0 Å². The van der Waals surface area contributed by atoms with Crippen LogP contribution in [0.15, 0.2) is 24.5 Å². The first-order valence-electron chi connectivity index (χ1n) is 6.55. The van der Waals surface area contributed by atoms with Crippen LogP contribution >= 0.6 is 0 Å². The molecule has 0 saturated carbocycles. The summed E-state index contributed by atoms with van der Waals surface area (Å²) >= 11 is 0. The van der Waals surface area contributed by atoms with Crippen LogP contribution in [0.2, 0.25) is 0 Å². The summed E-state index contributed by atoms with van der Waals surface area (Å²) in [4.78, 5) is 6.87. The van der Waals surface area contributed by atoms with Gasteiger partial charge in [-0.2, -0.15) is 0 Å². The smallest absolute Gasteiger partial charge is 0.140 e. The van der Waals surface area contributed by atoms with Gasteiger partial charge >= 0.3 is 0 Å². The Morgan fingerprint density at radius 2 is 2.17 bits per heavy atom. The van der Waals surface area contributed by atoms with E-state index in [1.165, 1.54) is 0 Å². The summed E-state index contributed by atoms with van der Waals surface area (Å²) in [7, 11) is 0. The molecule has 0 aromatic carbocycles. The fraction of sp³-hybridized carbons (Fsp3) is 0.500. The topological polar surface area (TPSA) is 30.3 Å². The first-order chi connectivity index (χ1) is 8.93. The van der Waals surface area contributed by atoms with Crippen molar-refractivity contribution in [3.8, 4) is 0 Å². The maximum atomic E-state index is 5.35. The van der Waals surface area contributed by atoms with Crippen LogP contribution in [0.1, 0.15) is 6.42 Å². The maximum absolute atomic E-state index is 5.35. The van der Waals surface area contributed by atoms with Crippen LogP contribution in [0.3, 0.4) is 0 Å². The van der Waals surface area contributed by atoms with Gasteiger partial charge in [-0.25, -0.2) is 4.98 Å². The van der Waals surface area contributed by atoms with E-state index in [4.69, 9.17) is 4.74 Å². The van der Waals surface area contributed by atoms with Crippen molar-refractivity contribution < 1.29 is 4.74 Å². The van der Waals surface area contributed by atoms with E-state index in [9.17, 15) is 0 Å². The number of hydrogen-bond acceptors (Lipinski definition) is 3. The van der Waals surface area contributed by atoms with E-state index < -0.39 is 0 Å². The van der Waals surface area contributed by atoms with Crippen molar-refractivity contribution >= 4 is 11.0 Å². The van der Waals surface area contributed by atoms with E-state index >= 15 is 0 Å². The molecule has 0 bridgehead atoms. The average Bonchev–Trinajstić information content (AvgIpc) is 2.84. The molecule has 1 radical (unpaired) electrons. The summed E-state index contributed by atoms with van der Waals surface area (Å²) in [5.41, 5.74) is 1.04. The van der Waals surface area contributed by atoms with Gasteiger partial charge in [0.25, 0.3) is 0 Å². The van der Waals surface area contributed by atoms with Crippen molar-refractivity contribution in [2.24, 2.45) is 0 Å². The molecular weight excluding hydrogens is 226 g/mol. The maximum Gasteiger partial charge on any atom is 0.140 e. The summed E-state index contributed by atoms with van der Waals surface area (Å²) in [5, 5.41) is 1.10. The SMILES string of the molecule is [c]1cn(CCCN2CCOCC2)c2ncccc12. The molecule has 18 heavy (non-hydrogen) atoms. The van der Waals surface area contributed by atoms with E-state index in [2.05, 4.69) is 26.6 Å². The fourth-order valence-electron chi connectivity index (χ4n) is 2.41. The lowest BCUT2D eigenvalue weighted by molar-refractivity contribution is 0.0369. The Hall–Kier alpha value is -1.39. The third kappa shape index (κ3) is 2.54. The first kappa shape index (κ1) is 11.7. The number of aromatic nitrogens is 2. The second kappa shape index (κ2) is 5.50. The number of rotatable bonds is 4. The Labute approximate surface area is 107 Å². The van der Waals surface area contributed by atoms with E-state index in [0.717, 1.165) is 56.8 Å². The highest BCUT2D eigenvalue weighted by Crippen LogP contribution is 2.12. The quantitative estimate of drug-likeness (QED) is 0.817. The van der Waals surface area contributed by atoms with E-state index in [1.54, 1.807) is 0 Å². The largest absolute Gasteiger partial charge is 0.379 e. The van der Waals surface area contributed by atoms with Gasteiger partial charge in [0.15, 0.2) is 0 Å². The minimum Gasteiger partial charge on any atom is -0.379 e. The second-order valence-electron chi connectivity index (χ2n) is 4.65. The zero-order chi connectivity index (χ0) is 12.2. The van der Waals surface area contributed by atoms with Gasteiger partial charge in [-0.05, 0) is 18.6 Å². The number of hydrogen-bond donors (Lipinski definition) is 0. The third-order valence-electron chi connectivity index (χ3n) is 3.41. The minimum absolute atomic E-state index is 0.877. The molecule has 1 fully saturated rings. The van der Waals surface area contributed by atoms with Gasteiger partial charge in [-0.3, -0.25) is 4.90 Å². The van der Waals surface area contributed by atoms with Crippen LogP contribution in [0, 0.1) is 6.07 Å². The van der Waals surface area contributed by atoms with Crippen molar-refractivity contribution in [1.82, 2.24) is 14.5 Å². The summed E-state index contributed by atoms with van der Waals surface area (Å²) in [6.07, 6.45) is 5.00. The molecule has 0 atom stereocenters. The van der Waals surface area contributed by atoms with Crippen molar-refractivity contribution in [1.29, 1.82) is 0 Å².